The Labute approximate surface area is 103 Å². The molecule has 0 radical (unpaired) electrons. The first kappa shape index (κ1) is 12.9. The van der Waals surface area contributed by atoms with Gasteiger partial charge in [0, 0.05) is 37.4 Å². The molecule has 2 rings (SSSR count). The number of carbonyl (C=O) groups excluding carboxylic acids is 1. The van der Waals surface area contributed by atoms with Crippen LogP contribution in [0.2, 0.25) is 0 Å². The highest BCUT2D eigenvalue weighted by molar-refractivity contribution is 5.85. The summed E-state index contributed by atoms with van der Waals surface area (Å²) in [5.41, 5.74) is -0.130. The summed E-state index contributed by atoms with van der Waals surface area (Å²) in [6.45, 7) is 2.90. The van der Waals surface area contributed by atoms with Crippen LogP contribution in [0.15, 0.2) is 18.2 Å². The van der Waals surface area contributed by atoms with Crippen molar-refractivity contribution >= 4 is 12.0 Å². The first-order chi connectivity index (χ1) is 8.52. The molecule has 0 amide bonds. The van der Waals surface area contributed by atoms with Crippen molar-refractivity contribution in [1.29, 1.82) is 0 Å². The van der Waals surface area contributed by atoms with E-state index in [1.54, 1.807) is 0 Å². The van der Waals surface area contributed by atoms with Crippen LogP contribution < -0.4 is 10.2 Å². The summed E-state index contributed by atoms with van der Waals surface area (Å²) >= 11 is 0. The Morgan fingerprint density at radius 1 is 1.22 bits per heavy atom. The van der Waals surface area contributed by atoms with E-state index in [9.17, 15) is 18.0 Å². The van der Waals surface area contributed by atoms with Crippen molar-refractivity contribution in [3.05, 3.63) is 29.3 Å². The van der Waals surface area contributed by atoms with Gasteiger partial charge in [-0.2, -0.15) is 13.2 Å². The second-order valence-electron chi connectivity index (χ2n) is 4.13. The minimum Gasteiger partial charge on any atom is -0.368 e. The topological polar surface area (TPSA) is 32.3 Å². The van der Waals surface area contributed by atoms with Crippen LogP contribution in [0.3, 0.4) is 0 Å². The number of piperazine rings is 1. The zero-order valence-electron chi connectivity index (χ0n) is 9.63. The third kappa shape index (κ3) is 2.64. The standard InChI is InChI=1S/C12H13F3N2O/c13-12(14,15)10-1-2-11(9(7-10)8-18)17-5-3-16-4-6-17/h1-2,7-8,16H,3-6H2. The fourth-order valence-corrected chi connectivity index (χ4v) is 2.02. The SMILES string of the molecule is O=Cc1cc(C(F)(F)F)ccc1N1CCNCC1. The molecule has 1 heterocycles. The molecule has 1 aromatic carbocycles. The maximum Gasteiger partial charge on any atom is 0.416 e. The molecule has 0 aromatic heterocycles. The van der Waals surface area contributed by atoms with Crippen molar-refractivity contribution in [2.75, 3.05) is 31.1 Å². The molecular formula is C12H13F3N2O. The lowest BCUT2D eigenvalue weighted by Crippen LogP contribution is -2.43. The highest BCUT2D eigenvalue weighted by atomic mass is 19.4. The lowest BCUT2D eigenvalue weighted by atomic mass is 10.1. The Hall–Kier alpha value is -1.56. The van der Waals surface area contributed by atoms with Crippen molar-refractivity contribution < 1.29 is 18.0 Å². The number of benzene rings is 1. The zero-order chi connectivity index (χ0) is 13.2. The number of alkyl halides is 3. The molecule has 0 bridgehead atoms. The molecule has 1 N–H and O–H groups in total. The van der Waals surface area contributed by atoms with Gasteiger partial charge in [0.25, 0.3) is 0 Å². The van der Waals surface area contributed by atoms with Gasteiger partial charge in [0.2, 0.25) is 0 Å². The van der Waals surface area contributed by atoms with Crippen LogP contribution >= 0.6 is 0 Å². The average molecular weight is 258 g/mol. The third-order valence-corrected chi connectivity index (χ3v) is 2.94. The zero-order valence-corrected chi connectivity index (χ0v) is 9.63. The molecule has 0 saturated carbocycles. The summed E-state index contributed by atoms with van der Waals surface area (Å²) < 4.78 is 37.6. The van der Waals surface area contributed by atoms with Crippen LogP contribution in [-0.2, 0) is 6.18 Å². The summed E-state index contributed by atoms with van der Waals surface area (Å²) in [6.07, 6.45) is -3.94. The van der Waals surface area contributed by atoms with E-state index in [1.165, 1.54) is 6.07 Å². The largest absolute Gasteiger partial charge is 0.416 e. The molecule has 3 nitrogen and oxygen atoms in total. The summed E-state index contributed by atoms with van der Waals surface area (Å²) in [4.78, 5) is 12.9. The van der Waals surface area contributed by atoms with E-state index in [2.05, 4.69) is 5.32 Å². The Morgan fingerprint density at radius 2 is 1.89 bits per heavy atom. The van der Waals surface area contributed by atoms with E-state index in [0.717, 1.165) is 25.2 Å². The van der Waals surface area contributed by atoms with E-state index in [4.69, 9.17) is 0 Å². The summed E-state index contributed by atoms with van der Waals surface area (Å²) in [7, 11) is 0. The highest BCUT2D eigenvalue weighted by Gasteiger charge is 2.31. The number of halogens is 3. The molecule has 1 fully saturated rings. The van der Waals surface area contributed by atoms with Crippen LogP contribution in [0.5, 0.6) is 0 Å². The monoisotopic (exact) mass is 258 g/mol. The van der Waals surface area contributed by atoms with Gasteiger partial charge in [0.1, 0.15) is 0 Å². The molecule has 1 aliphatic heterocycles. The van der Waals surface area contributed by atoms with Gasteiger partial charge >= 0.3 is 6.18 Å². The number of hydrogen-bond donors (Lipinski definition) is 1. The maximum absolute atomic E-state index is 12.5. The number of rotatable bonds is 2. The van der Waals surface area contributed by atoms with Gasteiger partial charge in [-0.05, 0) is 18.2 Å². The Morgan fingerprint density at radius 3 is 2.44 bits per heavy atom. The van der Waals surface area contributed by atoms with Gasteiger partial charge in [-0.3, -0.25) is 4.79 Å². The lowest BCUT2D eigenvalue weighted by molar-refractivity contribution is -0.137. The molecule has 0 unspecified atom stereocenters. The number of anilines is 1. The fourth-order valence-electron chi connectivity index (χ4n) is 2.02. The Balaban J connectivity index is 2.33. The van der Waals surface area contributed by atoms with Gasteiger partial charge in [-0.15, -0.1) is 0 Å². The van der Waals surface area contributed by atoms with Crippen molar-refractivity contribution in [2.45, 2.75) is 6.18 Å². The quantitative estimate of drug-likeness (QED) is 0.823. The molecule has 0 spiro atoms. The number of hydrogen-bond acceptors (Lipinski definition) is 3. The number of nitrogens with one attached hydrogen (secondary N) is 1. The van der Waals surface area contributed by atoms with E-state index in [0.29, 0.717) is 25.1 Å². The first-order valence-corrected chi connectivity index (χ1v) is 5.64. The molecule has 1 saturated heterocycles. The first-order valence-electron chi connectivity index (χ1n) is 5.64. The number of carbonyl (C=O) groups is 1. The lowest BCUT2D eigenvalue weighted by Gasteiger charge is -2.30. The normalized spacial score (nSPS) is 16.7. The Bertz CT molecular complexity index is 439. The predicted molar refractivity (Wildman–Crippen MR) is 61.9 cm³/mol. The van der Waals surface area contributed by atoms with E-state index >= 15 is 0 Å². The van der Waals surface area contributed by atoms with Gasteiger partial charge in [-0.25, -0.2) is 0 Å². The van der Waals surface area contributed by atoms with E-state index in [-0.39, 0.29) is 5.56 Å². The number of aldehydes is 1. The summed E-state index contributed by atoms with van der Waals surface area (Å²) in [5, 5.41) is 3.15. The van der Waals surface area contributed by atoms with Crippen molar-refractivity contribution in [1.82, 2.24) is 5.32 Å². The second kappa shape index (κ2) is 4.97. The van der Waals surface area contributed by atoms with Crippen molar-refractivity contribution in [3.63, 3.8) is 0 Å². The minimum absolute atomic E-state index is 0.0896. The molecule has 0 atom stereocenters. The van der Waals surface area contributed by atoms with Crippen molar-refractivity contribution in [2.24, 2.45) is 0 Å². The van der Waals surface area contributed by atoms with E-state index in [1.807, 2.05) is 4.90 Å². The van der Waals surface area contributed by atoms with E-state index < -0.39 is 11.7 Å². The fraction of sp³-hybridized carbons (Fsp3) is 0.417. The van der Waals surface area contributed by atoms with Crippen LogP contribution in [0.1, 0.15) is 15.9 Å². The van der Waals surface area contributed by atoms with Gasteiger partial charge < -0.3 is 10.2 Å². The van der Waals surface area contributed by atoms with Crippen LogP contribution in [0.25, 0.3) is 0 Å². The highest BCUT2D eigenvalue weighted by Crippen LogP contribution is 2.32. The maximum atomic E-state index is 12.5. The van der Waals surface area contributed by atoms with Crippen molar-refractivity contribution in [3.8, 4) is 0 Å². The summed E-state index contributed by atoms with van der Waals surface area (Å²) in [6, 6.07) is 3.30. The Kier molecular flexibility index (Phi) is 3.56. The van der Waals surface area contributed by atoms with Gasteiger partial charge in [0.15, 0.2) is 6.29 Å². The molecule has 18 heavy (non-hydrogen) atoms. The molecule has 98 valence electrons. The van der Waals surface area contributed by atoms with Gasteiger partial charge in [0.05, 0.1) is 5.56 Å². The minimum atomic E-state index is -4.42. The smallest absolute Gasteiger partial charge is 0.368 e. The molecule has 0 aliphatic carbocycles. The van der Waals surface area contributed by atoms with Crippen LogP contribution in [0.4, 0.5) is 18.9 Å². The number of nitrogens with zero attached hydrogens (tertiary/aromatic N) is 1. The molecule has 1 aromatic rings. The molecular weight excluding hydrogens is 245 g/mol. The van der Waals surface area contributed by atoms with Crippen LogP contribution in [-0.4, -0.2) is 32.5 Å². The molecule has 1 aliphatic rings. The average Bonchev–Trinajstić information content (AvgIpc) is 2.38. The van der Waals surface area contributed by atoms with Crippen LogP contribution in [0, 0.1) is 0 Å². The summed E-state index contributed by atoms with van der Waals surface area (Å²) in [5.74, 6) is 0. The van der Waals surface area contributed by atoms with Gasteiger partial charge in [-0.1, -0.05) is 0 Å². The predicted octanol–water partition coefficient (Wildman–Crippen LogP) is 1.93. The third-order valence-electron chi connectivity index (χ3n) is 2.94. The molecule has 6 heteroatoms. The second-order valence-corrected chi connectivity index (χ2v) is 4.13.